The Morgan fingerprint density at radius 2 is 1.72 bits per heavy atom. The Labute approximate surface area is 216 Å². The maximum atomic E-state index is 13.7. The van der Waals surface area contributed by atoms with Crippen LogP contribution in [0.5, 0.6) is 5.75 Å². The minimum absolute atomic E-state index is 0.0379. The summed E-state index contributed by atoms with van der Waals surface area (Å²) in [5.41, 5.74) is 4.21. The first-order valence-electron chi connectivity index (χ1n) is 12.6. The van der Waals surface area contributed by atoms with Gasteiger partial charge in [-0.25, -0.2) is 4.79 Å². The number of nitrogens with one attached hydrogen (secondary N) is 1. The summed E-state index contributed by atoms with van der Waals surface area (Å²) >= 11 is 1.74. The summed E-state index contributed by atoms with van der Waals surface area (Å²) in [4.78, 5) is 31.7. The van der Waals surface area contributed by atoms with Gasteiger partial charge in [0.1, 0.15) is 18.9 Å². The minimum Gasteiger partial charge on any atom is -0.491 e. The SMILES string of the molecule is Cc1ccc(NC(=O)N(CC(=O)N2CCc3sccc3[C@@H]2COc2ccc(C)cc2)CC2CC2)cc1. The number of urea groups is 1. The van der Waals surface area contributed by atoms with Crippen LogP contribution in [0.2, 0.25) is 0 Å². The molecule has 2 aliphatic rings. The van der Waals surface area contributed by atoms with E-state index in [1.807, 2.05) is 67.3 Å². The van der Waals surface area contributed by atoms with Crippen molar-refractivity contribution >= 4 is 29.0 Å². The van der Waals surface area contributed by atoms with Crippen LogP contribution in [0.25, 0.3) is 0 Å². The van der Waals surface area contributed by atoms with Crippen LogP contribution in [0.3, 0.4) is 0 Å². The molecule has 5 rings (SSSR count). The van der Waals surface area contributed by atoms with E-state index in [0.717, 1.165) is 41.8 Å². The lowest BCUT2D eigenvalue weighted by atomic mass is 10.0. The van der Waals surface area contributed by atoms with Crippen molar-refractivity contribution in [3.05, 3.63) is 81.5 Å². The fourth-order valence-electron chi connectivity index (χ4n) is 4.61. The van der Waals surface area contributed by atoms with Gasteiger partial charge in [0.15, 0.2) is 0 Å². The molecule has 1 aliphatic heterocycles. The Kier molecular flexibility index (Phi) is 7.28. The highest BCUT2D eigenvalue weighted by Crippen LogP contribution is 2.34. The van der Waals surface area contributed by atoms with Gasteiger partial charge in [-0.2, -0.15) is 0 Å². The standard InChI is InChI=1S/C29H33N3O3S/c1-20-3-9-23(10-4-20)30-29(34)31(17-22-7-8-22)18-28(33)32-15-13-27-25(14-16-36-27)26(32)19-35-24-11-5-21(2)6-12-24/h3-6,9-12,14,16,22,26H,7-8,13,15,17-19H2,1-2H3,(H,30,34)/t26-/m0/s1. The molecule has 1 N–H and O–H groups in total. The number of hydrogen-bond donors (Lipinski definition) is 1. The number of ether oxygens (including phenoxy) is 1. The lowest BCUT2D eigenvalue weighted by molar-refractivity contribution is -0.135. The maximum Gasteiger partial charge on any atom is 0.322 e. The van der Waals surface area contributed by atoms with E-state index >= 15 is 0 Å². The molecule has 3 aromatic rings. The van der Waals surface area contributed by atoms with Gasteiger partial charge < -0.3 is 19.9 Å². The Morgan fingerprint density at radius 3 is 2.42 bits per heavy atom. The third kappa shape index (κ3) is 5.90. The van der Waals surface area contributed by atoms with Crippen molar-refractivity contribution in [2.45, 2.75) is 39.2 Å². The number of carbonyl (C=O) groups is 2. The predicted octanol–water partition coefficient (Wildman–Crippen LogP) is 5.81. The number of benzene rings is 2. The van der Waals surface area contributed by atoms with Crippen molar-refractivity contribution in [1.82, 2.24) is 9.80 Å². The van der Waals surface area contributed by atoms with Gasteiger partial charge in [-0.05, 0) is 80.3 Å². The first kappa shape index (κ1) is 24.4. The number of anilines is 1. The number of thiophene rings is 1. The van der Waals surface area contributed by atoms with Crippen LogP contribution in [0.15, 0.2) is 60.0 Å². The molecule has 0 bridgehead atoms. The summed E-state index contributed by atoms with van der Waals surface area (Å²) in [7, 11) is 0. The van der Waals surface area contributed by atoms with E-state index < -0.39 is 0 Å². The van der Waals surface area contributed by atoms with Gasteiger partial charge in [-0.1, -0.05) is 35.4 Å². The van der Waals surface area contributed by atoms with Crippen molar-refractivity contribution in [2.75, 3.05) is 31.6 Å². The molecule has 36 heavy (non-hydrogen) atoms. The molecule has 7 heteroatoms. The van der Waals surface area contributed by atoms with Crippen molar-refractivity contribution in [2.24, 2.45) is 5.92 Å². The van der Waals surface area contributed by atoms with E-state index in [2.05, 4.69) is 16.8 Å². The zero-order valence-corrected chi connectivity index (χ0v) is 21.7. The van der Waals surface area contributed by atoms with Crippen molar-refractivity contribution < 1.29 is 14.3 Å². The largest absolute Gasteiger partial charge is 0.491 e. The number of fused-ring (bicyclic) bond motifs is 1. The summed E-state index contributed by atoms with van der Waals surface area (Å²) in [5.74, 6) is 1.24. The van der Waals surface area contributed by atoms with Crippen molar-refractivity contribution in [1.29, 1.82) is 0 Å². The summed E-state index contributed by atoms with van der Waals surface area (Å²) < 4.78 is 6.14. The van der Waals surface area contributed by atoms with Gasteiger partial charge in [0.05, 0.1) is 6.04 Å². The monoisotopic (exact) mass is 503 g/mol. The average molecular weight is 504 g/mol. The van der Waals surface area contributed by atoms with Gasteiger partial charge >= 0.3 is 6.03 Å². The van der Waals surface area contributed by atoms with Gasteiger partial charge in [-0.3, -0.25) is 4.79 Å². The smallest absolute Gasteiger partial charge is 0.322 e. The maximum absolute atomic E-state index is 13.7. The highest BCUT2D eigenvalue weighted by atomic mass is 32.1. The van der Waals surface area contributed by atoms with E-state index in [0.29, 0.717) is 25.6 Å². The molecule has 2 heterocycles. The van der Waals surface area contributed by atoms with Gasteiger partial charge in [-0.15, -0.1) is 11.3 Å². The van der Waals surface area contributed by atoms with Crippen LogP contribution in [-0.4, -0.2) is 48.0 Å². The second-order valence-electron chi connectivity index (χ2n) is 9.90. The second kappa shape index (κ2) is 10.7. The van der Waals surface area contributed by atoms with Gasteiger partial charge in [0, 0.05) is 23.7 Å². The second-order valence-corrected chi connectivity index (χ2v) is 10.9. The third-order valence-corrected chi connectivity index (χ3v) is 7.93. The van der Waals surface area contributed by atoms with E-state index in [1.54, 1.807) is 16.2 Å². The number of rotatable bonds is 8. The van der Waals surface area contributed by atoms with Crippen LogP contribution < -0.4 is 10.1 Å². The van der Waals surface area contributed by atoms with Gasteiger partial charge in [0.2, 0.25) is 5.91 Å². The highest BCUT2D eigenvalue weighted by molar-refractivity contribution is 7.10. The number of hydrogen-bond acceptors (Lipinski definition) is 4. The van der Waals surface area contributed by atoms with Crippen LogP contribution in [0, 0.1) is 19.8 Å². The summed E-state index contributed by atoms with van der Waals surface area (Å²) in [6.45, 7) is 5.74. The molecule has 2 aromatic carbocycles. The Bertz CT molecular complexity index is 1200. The lowest BCUT2D eigenvalue weighted by Gasteiger charge is -2.37. The fourth-order valence-corrected chi connectivity index (χ4v) is 5.54. The molecular weight excluding hydrogens is 470 g/mol. The Hall–Kier alpha value is -3.32. The first-order valence-corrected chi connectivity index (χ1v) is 13.5. The fraction of sp³-hybridized carbons (Fsp3) is 0.379. The predicted molar refractivity (Wildman–Crippen MR) is 144 cm³/mol. The molecule has 188 valence electrons. The normalized spacial score (nSPS) is 16.8. The summed E-state index contributed by atoms with van der Waals surface area (Å²) in [6.07, 6.45) is 3.05. The zero-order valence-electron chi connectivity index (χ0n) is 20.9. The Balaban J connectivity index is 1.29. The molecule has 1 atom stereocenters. The van der Waals surface area contributed by atoms with E-state index in [4.69, 9.17) is 4.74 Å². The molecule has 0 unspecified atom stereocenters. The number of nitrogens with zero attached hydrogens (tertiary/aromatic N) is 2. The molecule has 1 saturated carbocycles. The quantitative estimate of drug-likeness (QED) is 0.422. The van der Waals surface area contributed by atoms with Crippen molar-refractivity contribution in [3.63, 3.8) is 0 Å². The van der Waals surface area contributed by atoms with E-state index in [-0.39, 0.29) is 24.5 Å². The van der Waals surface area contributed by atoms with Crippen LogP contribution in [-0.2, 0) is 11.2 Å². The molecule has 1 aliphatic carbocycles. The number of amides is 3. The van der Waals surface area contributed by atoms with Crippen LogP contribution in [0.4, 0.5) is 10.5 Å². The lowest BCUT2D eigenvalue weighted by Crippen LogP contribution is -2.49. The molecule has 1 aromatic heterocycles. The summed E-state index contributed by atoms with van der Waals surface area (Å²) in [5, 5.41) is 5.07. The molecule has 0 spiro atoms. The third-order valence-electron chi connectivity index (χ3n) is 6.94. The van der Waals surface area contributed by atoms with Crippen LogP contribution >= 0.6 is 11.3 Å². The molecular formula is C29H33N3O3S. The van der Waals surface area contributed by atoms with Crippen LogP contribution in [0.1, 0.15) is 40.5 Å². The number of carbonyl (C=O) groups excluding carboxylic acids is 2. The molecule has 0 saturated heterocycles. The Morgan fingerprint density at radius 1 is 1.03 bits per heavy atom. The van der Waals surface area contributed by atoms with E-state index in [9.17, 15) is 9.59 Å². The number of aryl methyl sites for hydroxylation is 2. The molecule has 0 radical (unpaired) electrons. The van der Waals surface area contributed by atoms with Gasteiger partial charge in [0.25, 0.3) is 0 Å². The molecule has 3 amide bonds. The molecule has 6 nitrogen and oxygen atoms in total. The van der Waals surface area contributed by atoms with Crippen molar-refractivity contribution in [3.8, 4) is 5.75 Å². The first-order chi connectivity index (χ1) is 17.5. The minimum atomic E-state index is -0.222. The molecule has 1 fully saturated rings. The highest BCUT2D eigenvalue weighted by Gasteiger charge is 2.35. The topological polar surface area (TPSA) is 61.9 Å². The summed E-state index contributed by atoms with van der Waals surface area (Å²) in [6, 6.07) is 17.4. The average Bonchev–Trinajstić information content (AvgIpc) is 3.56. The van der Waals surface area contributed by atoms with E-state index in [1.165, 1.54) is 10.4 Å². The zero-order chi connectivity index (χ0) is 25.1.